The Labute approximate surface area is 170 Å². The van der Waals surface area contributed by atoms with Gasteiger partial charge in [0.05, 0.1) is 15.8 Å². The Morgan fingerprint density at radius 1 is 1.11 bits per heavy atom. The maximum absolute atomic E-state index is 12.7. The van der Waals surface area contributed by atoms with Crippen molar-refractivity contribution < 1.29 is 4.79 Å². The van der Waals surface area contributed by atoms with Gasteiger partial charge in [-0.05, 0) is 51.0 Å². The van der Waals surface area contributed by atoms with Crippen LogP contribution in [-0.2, 0) is 7.05 Å². The average molecular weight is 400 g/mol. The normalized spacial score (nSPS) is 11.6. The van der Waals surface area contributed by atoms with Gasteiger partial charge < -0.3 is 14.8 Å². The molecule has 0 atom stereocenters. The minimum Gasteiger partial charge on any atom is -0.351 e. The molecule has 1 aromatic carbocycles. The Morgan fingerprint density at radius 2 is 1.82 bits per heavy atom. The minimum atomic E-state index is -0.0927. The molecule has 0 saturated carbocycles. The first-order valence-electron chi connectivity index (χ1n) is 10.1. The monoisotopic (exact) mass is 399 g/mol. The van der Waals surface area contributed by atoms with Gasteiger partial charge in [0.25, 0.3) is 11.5 Å². The third kappa shape index (κ3) is 4.28. The molecule has 3 rings (SSSR count). The van der Waals surface area contributed by atoms with Crippen molar-refractivity contribution >= 4 is 38.2 Å². The molecule has 1 amide bonds. The van der Waals surface area contributed by atoms with E-state index in [9.17, 15) is 9.59 Å². The largest absolute Gasteiger partial charge is 0.351 e. The molecule has 0 spiro atoms. The molecule has 0 fully saturated rings. The summed E-state index contributed by atoms with van der Waals surface area (Å²) in [4.78, 5) is 28.3. The SMILES string of the molecule is CCCN(CCC)CCCNC(=O)c1cc2c(=O)n(C)c3ccccc3c2s1. The number of rotatable bonds is 9. The van der Waals surface area contributed by atoms with E-state index < -0.39 is 0 Å². The molecule has 28 heavy (non-hydrogen) atoms. The number of pyridine rings is 1. The van der Waals surface area contributed by atoms with Crippen molar-refractivity contribution in [2.75, 3.05) is 26.2 Å². The highest BCUT2D eigenvalue weighted by Gasteiger charge is 2.16. The van der Waals surface area contributed by atoms with Gasteiger partial charge in [-0.1, -0.05) is 32.0 Å². The van der Waals surface area contributed by atoms with E-state index in [0.29, 0.717) is 16.8 Å². The Kier molecular flexibility index (Phi) is 6.86. The van der Waals surface area contributed by atoms with E-state index in [0.717, 1.165) is 54.5 Å². The van der Waals surface area contributed by atoms with Crippen LogP contribution in [0.15, 0.2) is 35.1 Å². The number of hydrogen-bond donors (Lipinski definition) is 1. The Bertz CT molecular complexity index is 1020. The summed E-state index contributed by atoms with van der Waals surface area (Å²) < 4.78 is 2.54. The zero-order valence-corrected chi connectivity index (χ0v) is 17.8. The van der Waals surface area contributed by atoms with Gasteiger partial charge in [-0.2, -0.15) is 0 Å². The molecule has 2 aromatic heterocycles. The van der Waals surface area contributed by atoms with Crippen LogP contribution in [0, 0.1) is 0 Å². The highest BCUT2D eigenvalue weighted by molar-refractivity contribution is 7.21. The lowest BCUT2D eigenvalue weighted by molar-refractivity contribution is 0.0955. The van der Waals surface area contributed by atoms with Crippen molar-refractivity contribution in [1.29, 1.82) is 0 Å². The average Bonchev–Trinajstić information content (AvgIpc) is 3.15. The number of para-hydroxylation sites is 1. The van der Waals surface area contributed by atoms with Crippen LogP contribution in [0.4, 0.5) is 0 Å². The van der Waals surface area contributed by atoms with E-state index >= 15 is 0 Å². The van der Waals surface area contributed by atoms with E-state index in [-0.39, 0.29) is 11.5 Å². The molecular formula is C22H29N3O2S. The van der Waals surface area contributed by atoms with Crippen LogP contribution in [-0.4, -0.2) is 41.6 Å². The lowest BCUT2D eigenvalue weighted by Crippen LogP contribution is -2.30. The third-order valence-electron chi connectivity index (χ3n) is 5.02. The lowest BCUT2D eigenvalue weighted by atomic mass is 10.2. The quantitative estimate of drug-likeness (QED) is 0.554. The van der Waals surface area contributed by atoms with Crippen molar-refractivity contribution in [3.63, 3.8) is 0 Å². The number of nitrogens with one attached hydrogen (secondary N) is 1. The van der Waals surface area contributed by atoms with Crippen molar-refractivity contribution in [2.45, 2.75) is 33.1 Å². The first-order chi connectivity index (χ1) is 13.6. The first-order valence-corrected chi connectivity index (χ1v) is 10.9. The number of benzene rings is 1. The Hall–Kier alpha value is -2.18. The van der Waals surface area contributed by atoms with Gasteiger partial charge >= 0.3 is 0 Å². The molecule has 0 unspecified atom stereocenters. The van der Waals surface area contributed by atoms with Crippen LogP contribution in [0.3, 0.4) is 0 Å². The topological polar surface area (TPSA) is 54.3 Å². The summed E-state index contributed by atoms with van der Waals surface area (Å²) >= 11 is 1.40. The predicted molar refractivity (Wildman–Crippen MR) is 119 cm³/mol. The van der Waals surface area contributed by atoms with Crippen LogP contribution in [0.1, 0.15) is 42.8 Å². The number of amides is 1. The summed E-state index contributed by atoms with van der Waals surface area (Å²) in [5.41, 5.74) is 0.833. The van der Waals surface area contributed by atoms with Crippen molar-refractivity contribution in [3.8, 4) is 0 Å². The number of nitrogens with zero attached hydrogens (tertiary/aromatic N) is 2. The smallest absolute Gasteiger partial charge is 0.261 e. The van der Waals surface area contributed by atoms with Gasteiger partial charge in [-0.3, -0.25) is 9.59 Å². The molecule has 0 aliphatic heterocycles. The molecule has 5 nitrogen and oxygen atoms in total. The second-order valence-corrected chi connectivity index (χ2v) is 8.24. The van der Waals surface area contributed by atoms with E-state index in [4.69, 9.17) is 0 Å². The lowest BCUT2D eigenvalue weighted by Gasteiger charge is -2.20. The Morgan fingerprint density at radius 3 is 2.54 bits per heavy atom. The summed E-state index contributed by atoms with van der Waals surface area (Å²) in [6, 6.07) is 9.57. The summed E-state index contributed by atoms with van der Waals surface area (Å²) in [6.45, 7) is 8.25. The molecule has 2 heterocycles. The number of aryl methyl sites for hydroxylation is 1. The second-order valence-electron chi connectivity index (χ2n) is 7.19. The molecule has 3 aromatic rings. The number of fused-ring (bicyclic) bond motifs is 3. The standard InChI is InChI=1S/C22H29N3O2S/c1-4-12-25(13-5-2)14-8-11-23-21(26)19-15-17-20(28-19)16-9-6-7-10-18(16)24(3)22(17)27/h6-7,9-10,15H,4-5,8,11-14H2,1-3H3,(H,23,26). The fourth-order valence-corrected chi connectivity index (χ4v) is 4.77. The fourth-order valence-electron chi connectivity index (χ4n) is 3.67. The summed E-state index contributed by atoms with van der Waals surface area (Å²) in [5.74, 6) is -0.0927. The number of carbonyl (C=O) groups excluding carboxylic acids is 1. The molecular weight excluding hydrogens is 370 g/mol. The van der Waals surface area contributed by atoms with Gasteiger partial charge in [0, 0.05) is 23.7 Å². The van der Waals surface area contributed by atoms with Crippen molar-refractivity contribution in [3.05, 3.63) is 45.6 Å². The number of aromatic nitrogens is 1. The molecule has 150 valence electrons. The zero-order chi connectivity index (χ0) is 20.1. The molecule has 0 aliphatic rings. The van der Waals surface area contributed by atoms with Crippen LogP contribution in [0.5, 0.6) is 0 Å². The molecule has 6 heteroatoms. The molecule has 1 N–H and O–H groups in total. The maximum atomic E-state index is 12.7. The van der Waals surface area contributed by atoms with E-state index in [1.54, 1.807) is 17.7 Å². The molecule has 0 saturated heterocycles. The number of carbonyl (C=O) groups is 1. The van der Waals surface area contributed by atoms with Gasteiger partial charge in [-0.25, -0.2) is 0 Å². The van der Waals surface area contributed by atoms with Crippen LogP contribution < -0.4 is 10.9 Å². The Balaban J connectivity index is 1.72. The van der Waals surface area contributed by atoms with Gasteiger partial charge in [-0.15, -0.1) is 11.3 Å². The predicted octanol–water partition coefficient (Wildman–Crippen LogP) is 4.00. The fraction of sp³-hybridized carbons (Fsp3) is 0.455. The number of hydrogen-bond acceptors (Lipinski definition) is 4. The van der Waals surface area contributed by atoms with E-state index in [1.165, 1.54) is 11.3 Å². The highest BCUT2D eigenvalue weighted by atomic mass is 32.1. The van der Waals surface area contributed by atoms with Crippen molar-refractivity contribution in [1.82, 2.24) is 14.8 Å². The van der Waals surface area contributed by atoms with Gasteiger partial charge in [0.15, 0.2) is 0 Å². The molecule has 0 aliphatic carbocycles. The minimum absolute atomic E-state index is 0.0567. The second kappa shape index (κ2) is 9.34. The van der Waals surface area contributed by atoms with Crippen LogP contribution in [0.25, 0.3) is 21.0 Å². The number of thiophene rings is 1. The van der Waals surface area contributed by atoms with Crippen molar-refractivity contribution in [2.24, 2.45) is 7.05 Å². The third-order valence-corrected chi connectivity index (χ3v) is 6.18. The van der Waals surface area contributed by atoms with Gasteiger partial charge in [0.2, 0.25) is 0 Å². The van der Waals surface area contributed by atoms with Crippen LogP contribution >= 0.6 is 11.3 Å². The maximum Gasteiger partial charge on any atom is 0.261 e. The summed E-state index contributed by atoms with van der Waals surface area (Å²) in [7, 11) is 1.78. The van der Waals surface area contributed by atoms with Gasteiger partial charge in [0.1, 0.15) is 0 Å². The van der Waals surface area contributed by atoms with E-state index in [2.05, 4.69) is 24.1 Å². The first kappa shape index (κ1) is 20.6. The van der Waals surface area contributed by atoms with Crippen LogP contribution in [0.2, 0.25) is 0 Å². The molecule has 0 bridgehead atoms. The van der Waals surface area contributed by atoms with E-state index in [1.807, 2.05) is 24.3 Å². The molecule has 0 radical (unpaired) electrons. The highest BCUT2D eigenvalue weighted by Crippen LogP contribution is 2.30. The summed E-state index contributed by atoms with van der Waals surface area (Å²) in [6.07, 6.45) is 3.23. The zero-order valence-electron chi connectivity index (χ0n) is 17.0. The summed E-state index contributed by atoms with van der Waals surface area (Å²) in [5, 5.41) is 4.65.